The third-order valence-electron chi connectivity index (χ3n) is 2.05. The van der Waals surface area contributed by atoms with Crippen molar-refractivity contribution in [3.8, 4) is 12.1 Å². The number of allylic oxidation sites excluding steroid dienone is 1. The van der Waals surface area contributed by atoms with Gasteiger partial charge in [0.15, 0.2) is 0 Å². The molecule has 0 amide bonds. The second-order valence-corrected chi connectivity index (χ2v) is 4.42. The Morgan fingerprint density at radius 2 is 1.73 bits per heavy atom. The van der Waals surface area contributed by atoms with Gasteiger partial charge in [-0.25, -0.2) is 4.79 Å². The number of hydrogen-bond donors (Lipinski definition) is 3. The fourth-order valence-corrected chi connectivity index (χ4v) is 0.911. The van der Waals surface area contributed by atoms with E-state index < -0.39 is 17.6 Å². The largest absolute Gasteiger partial charge is 0.477 e. The molecule has 3 N–H and O–H groups in total. The van der Waals surface area contributed by atoms with Gasteiger partial charge in [-0.2, -0.15) is 10.5 Å². The van der Waals surface area contributed by atoms with Gasteiger partial charge in [0.25, 0.3) is 0 Å². The number of carboxylic acid groups (broad SMARTS) is 1. The topological polar surface area (TPSA) is 144 Å². The lowest BCUT2D eigenvalue weighted by atomic mass is 10.3. The maximum Gasteiger partial charge on any atom is 0.347 e. The number of nitriles is 2. The molecule has 0 aromatic heterocycles. The van der Waals surface area contributed by atoms with Crippen LogP contribution in [-0.4, -0.2) is 59.4 Å². The predicted molar refractivity (Wildman–Crippen MR) is 76.5 cm³/mol. The van der Waals surface area contributed by atoms with E-state index in [4.69, 9.17) is 35.3 Å². The summed E-state index contributed by atoms with van der Waals surface area (Å²) in [6.45, 7) is 6.10. The van der Waals surface area contributed by atoms with Gasteiger partial charge in [0.05, 0.1) is 44.2 Å². The van der Waals surface area contributed by atoms with Crippen LogP contribution in [0.3, 0.4) is 0 Å². The summed E-state index contributed by atoms with van der Waals surface area (Å²) in [4.78, 5) is 9.88. The summed E-state index contributed by atoms with van der Waals surface area (Å²) >= 11 is 0. The van der Waals surface area contributed by atoms with Crippen LogP contribution in [0.25, 0.3) is 0 Å². The maximum atomic E-state index is 9.88. The summed E-state index contributed by atoms with van der Waals surface area (Å²) in [6, 6.07) is 2.78. The SMILES string of the molecule is CC(O)COC(C)COC(C)CO.N#CC=C(C#N)C(=O)O. The highest BCUT2D eigenvalue weighted by atomic mass is 16.5. The van der Waals surface area contributed by atoms with Crippen molar-refractivity contribution >= 4 is 5.97 Å². The molecule has 0 saturated heterocycles. The lowest BCUT2D eigenvalue weighted by Gasteiger charge is -2.16. The number of aliphatic carboxylic acids is 1. The van der Waals surface area contributed by atoms with Gasteiger partial charge in [-0.05, 0) is 20.8 Å². The van der Waals surface area contributed by atoms with E-state index in [2.05, 4.69) is 0 Å². The van der Waals surface area contributed by atoms with Gasteiger partial charge in [-0.15, -0.1) is 0 Å². The van der Waals surface area contributed by atoms with Crippen LogP contribution in [0.1, 0.15) is 20.8 Å². The van der Waals surface area contributed by atoms with Crippen LogP contribution in [0.2, 0.25) is 0 Å². The molecular weight excluding hydrogens is 292 g/mol. The summed E-state index contributed by atoms with van der Waals surface area (Å²) in [7, 11) is 0. The first-order chi connectivity index (χ1) is 10.3. The molecular formula is C14H22N2O6. The Labute approximate surface area is 129 Å². The average Bonchev–Trinajstić information content (AvgIpc) is 2.48. The number of nitrogens with zero attached hydrogens (tertiary/aromatic N) is 2. The first kappa shape index (κ1) is 22.3. The molecule has 0 radical (unpaired) electrons. The van der Waals surface area contributed by atoms with Crippen molar-refractivity contribution in [2.75, 3.05) is 19.8 Å². The number of rotatable bonds is 8. The van der Waals surface area contributed by atoms with Gasteiger partial charge >= 0.3 is 5.97 Å². The molecule has 8 heteroatoms. The number of ether oxygens (including phenoxy) is 2. The second kappa shape index (κ2) is 14.0. The molecule has 0 aromatic carbocycles. The normalized spacial score (nSPS) is 14.6. The molecule has 0 aromatic rings. The van der Waals surface area contributed by atoms with Crippen molar-refractivity contribution in [1.82, 2.24) is 0 Å². The monoisotopic (exact) mass is 314 g/mol. The summed E-state index contributed by atoms with van der Waals surface area (Å²) in [6.07, 6.45) is 0.0291. The van der Waals surface area contributed by atoms with Crippen LogP contribution in [0, 0.1) is 22.7 Å². The van der Waals surface area contributed by atoms with E-state index in [1.54, 1.807) is 13.8 Å². The van der Waals surface area contributed by atoms with E-state index in [0.29, 0.717) is 19.3 Å². The lowest BCUT2D eigenvalue weighted by Crippen LogP contribution is -2.24. The first-order valence-electron chi connectivity index (χ1n) is 6.53. The van der Waals surface area contributed by atoms with Crippen LogP contribution in [0.5, 0.6) is 0 Å². The molecule has 0 aliphatic heterocycles. The molecule has 8 nitrogen and oxygen atoms in total. The summed E-state index contributed by atoms with van der Waals surface area (Å²) < 4.78 is 10.5. The van der Waals surface area contributed by atoms with Crippen molar-refractivity contribution in [3.63, 3.8) is 0 Å². The summed E-state index contributed by atoms with van der Waals surface area (Å²) in [5, 5.41) is 41.5. The molecule has 0 rings (SSSR count). The minimum absolute atomic E-state index is 0.0170. The Morgan fingerprint density at radius 3 is 2.05 bits per heavy atom. The number of aliphatic hydroxyl groups excluding tert-OH is 2. The minimum atomic E-state index is -1.38. The summed E-state index contributed by atoms with van der Waals surface area (Å²) in [5.41, 5.74) is -0.544. The zero-order chi connectivity index (χ0) is 17.5. The van der Waals surface area contributed by atoms with E-state index >= 15 is 0 Å². The van der Waals surface area contributed by atoms with Gasteiger partial charge in [-0.3, -0.25) is 0 Å². The van der Waals surface area contributed by atoms with E-state index in [1.165, 1.54) is 12.1 Å². The Kier molecular flexibility index (Phi) is 14.2. The fraction of sp³-hybridized carbons (Fsp3) is 0.643. The number of hydrogen-bond acceptors (Lipinski definition) is 7. The average molecular weight is 314 g/mol. The highest BCUT2D eigenvalue weighted by Crippen LogP contribution is 1.97. The molecule has 0 saturated carbocycles. The van der Waals surface area contributed by atoms with E-state index in [9.17, 15) is 4.79 Å². The molecule has 3 atom stereocenters. The standard InChI is InChI=1S/C9H20O4.C5H2N2O2/c1-7(11)5-12-9(3)6-13-8(2)4-10;6-2-1-4(3-7)5(8)9/h7-11H,4-6H2,1-3H3;1H,(H,8,9). The molecule has 22 heavy (non-hydrogen) atoms. The van der Waals surface area contributed by atoms with Gasteiger partial charge in [0.2, 0.25) is 0 Å². The zero-order valence-corrected chi connectivity index (χ0v) is 12.9. The summed E-state index contributed by atoms with van der Waals surface area (Å²) in [5.74, 6) is -1.38. The second-order valence-electron chi connectivity index (χ2n) is 4.42. The number of carbonyl (C=O) groups is 1. The zero-order valence-electron chi connectivity index (χ0n) is 12.9. The molecule has 0 fully saturated rings. The van der Waals surface area contributed by atoms with Crippen molar-refractivity contribution in [3.05, 3.63) is 11.6 Å². The molecule has 0 aliphatic rings. The van der Waals surface area contributed by atoms with Gasteiger partial charge in [0, 0.05) is 6.08 Å². The highest BCUT2D eigenvalue weighted by molar-refractivity contribution is 5.91. The van der Waals surface area contributed by atoms with Gasteiger partial charge in [-0.1, -0.05) is 0 Å². The molecule has 0 aliphatic carbocycles. The minimum Gasteiger partial charge on any atom is -0.477 e. The lowest BCUT2D eigenvalue weighted by molar-refractivity contribution is -0.132. The van der Waals surface area contributed by atoms with Gasteiger partial charge < -0.3 is 24.8 Å². The van der Waals surface area contributed by atoms with Crippen molar-refractivity contribution in [2.45, 2.75) is 39.1 Å². The van der Waals surface area contributed by atoms with E-state index in [-0.39, 0.29) is 18.8 Å². The van der Waals surface area contributed by atoms with Crippen LogP contribution in [-0.2, 0) is 14.3 Å². The smallest absolute Gasteiger partial charge is 0.347 e. The first-order valence-corrected chi connectivity index (χ1v) is 6.53. The van der Waals surface area contributed by atoms with Crippen LogP contribution in [0.4, 0.5) is 0 Å². The molecule has 124 valence electrons. The Bertz CT molecular complexity index is 422. The maximum absolute atomic E-state index is 9.88. The van der Waals surface area contributed by atoms with Crippen LogP contribution >= 0.6 is 0 Å². The van der Waals surface area contributed by atoms with Crippen molar-refractivity contribution in [1.29, 1.82) is 10.5 Å². The van der Waals surface area contributed by atoms with E-state index in [0.717, 1.165) is 0 Å². The number of aliphatic hydroxyl groups is 2. The molecule has 0 spiro atoms. The highest BCUT2D eigenvalue weighted by Gasteiger charge is 2.07. The molecule has 0 bridgehead atoms. The van der Waals surface area contributed by atoms with E-state index in [1.807, 2.05) is 6.92 Å². The van der Waals surface area contributed by atoms with Crippen molar-refractivity contribution in [2.24, 2.45) is 0 Å². The Morgan fingerprint density at radius 1 is 1.18 bits per heavy atom. The predicted octanol–water partition coefficient (Wildman–Crippen LogP) is 0.214. The van der Waals surface area contributed by atoms with Gasteiger partial charge in [0.1, 0.15) is 11.6 Å². The molecule has 0 heterocycles. The van der Waals surface area contributed by atoms with Crippen LogP contribution in [0.15, 0.2) is 11.6 Å². The third-order valence-corrected chi connectivity index (χ3v) is 2.05. The van der Waals surface area contributed by atoms with Crippen molar-refractivity contribution < 1.29 is 29.6 Å². The Balaban J connectivity index is 0. The third kappa shape index (κ3) is 14.4. The van der Waals surface area contributed by atoms with Crippen LogP contribution < -0.4 is 0 Å². The molecule has 3 unspecified atom stereocenters. The number of carboxylic acids is 1. The Hall–Kier alpha value is -1.97. The quantitative estimate of drug-likeness (QED) is 0.426. The fourth-order valence-electron chi connectivity index (χ4n) is 0.911.